The molecule has 7 rings (SSSR count). The zero-order valence-electron chi connectivity index (χ0n) is 21.7. The van der Waals surface area contributed by atoms with Gasteiger partial charge in [0.05, 0.1) is 26.4 Å². The highest BCUT2D eigenvalue weighted by Crippen LogP contribution is 2.61. The Hall–Kier alpha value is -2.08. The molecule has 5 nitrogen and oxygen atoms in total. The number of nitrogens with zero attached hydrogens (tertiary/aromatic N) is 1. The van der Waals surface area contributed by atoms with E-state index in [0.29, 0.717) is 31.1 Å². The number of ether oxygens (including phenoxy) is 4. The summed E-state index contributed by atoms with van der Waals surface area (Å²) in [6, 6.07) is 15.5. The SMILES string of the molecule is COc1ccc2c3c1OC1C(OC)C(COCc4ccccc4)CC4CC31CCN(CC1CC1)C4C2. The van der Waals surface area contributed by atoms with Crippen molar-refractivity contribution in [2.24, 2.45) is 17.8 Å². The van der Waals surface area contributed by atoms with Crippen molar-refractivity contribution >= 4 is 0 Å². The van der Waals surface area contributed by atoms with Crippen LogP contribution in [0.5, 0.6) is 11.5 Å². The minimum atomic E-state index is -0.00815. The molecule has 3 bridgehead atoms. The van der Waals surface area contributed by atoms with Crippen molar-refractivity contribution in [3.63, 3.8) is 0 Å². The molecule has 0 radical (unpaired) electrons. The summed E-state index contributed by atoms with van der Waals surface area (Å²) < 4.78 is 25.5. The number of methoxy groups -OCH3 is 2. The molecule has 5 aliphatic rings. The lowest BCUT2D eigenvalue weighted by atomic mass is 9.69. The smallest absolute Gasteiger partial charge is 0.165 e. The second-order valence-electron chi connectivity index (χ2n) is 11.9. The molecule has 5 heteroatoms. The first-order chi connectivity index (χ1) is 17.7. The second kappa shape index (κ2) is 9.04. The summed E-state index contributed by atoms with van der Waals surface area (Å²) in [7, 11) is 3.64. The van der Waals surface area contributed by atoms with Crippen molar-refractivity contribution in [2.45, 2.75) is 68.8 Å². The minimum Gasteiger partial charge on any atom is -0.493 e. The van der Waals surface area contributed by atoms with Crippen molar-refractivity contribution in [3.05, 3.63) is 59.2 Å². The predicted molar refractivity (Wildman–Crippen MR) is 139 cm³/mol. The summed E-state index contributed by atoms with van der Waals surface area (Å²) in [6.07, 6.45) is 7.41. The molecular formula is C31H39NO4. The topological polar surface area (TPSA) is 40.2 Å². The van der Waals surface area contributed by atoms with Gasteiger partial charge in [0, 0.05) is 36.6 Å². The fourth-order valence-electron chi connectivity index (χ4n) is 8.13. The lowest BCUT2D eigenvalue weighted by Crippen LogP contribution is -2.51. The minimum absolute atomic E-state index is 0.00232. The molecule has 192 valence electrons. The number of hydrogen-bond donors (Lipinski definition) is 0. The van der Waals surface area contributed by atoms with Gasteiger partial charge in [-0.2, -0.15) is 0 Å². The Bertz CT molecular complexity index is 1100. The Morgan fingerprint density at radius 1 is 1.08 bits per heavy atom. The van der Waals surface area contributed by atoms with Crippen LogP contribution in [0.2, 0.25) is 0 Å². The predicted octanol–water partition coefficient (Wildman–Crippen LogP) is 4.99. The maximum absolute atomic E-state index is 6.95. The molecule has 2 aromatic rings. The highest BCUT2D eigenvalue weighted by molar-refractivity contribution is 5.59. The van der Waals surface area contributed by atoms with Crippen LogP contribution in [-0.2, 0) is 27.9 Å². The van der Waals surface area contributed by atoms with Gasteiger partial charge in [0.25, 0.3) is 0 Å². The van der Waals surface area contributed by atoms with E-state index < -0.39 is 0 Å². The van der Waals surface area contributed by atoms with Crippen molar-refractivity contribution in [2.75, 3.05) is 33.9 Å². The second-order valence-corrected chi connectivity index (χ2v) is 11.9. The zero-order chi connectivity index (χ0) is 24.3. The third kappa shape index (κ3) is 3.69. The van der Waals surface area contributed by atoms with E-state index in [-0.39, 0.29) is 17.6 Å². The Kier molecular flexibility index (Phi) is 5.79. The summed E-state index contributed by atoms with van der Waals surface area (Å²) >= 11 is 0. The first-order valence-corrected chi connectivity index (χ1v) is 14.0. The van der Waals surface area contributed by atoms with Gasteiger partial charge >= 0.3 is 0 Å². The van der Waals surface area contributed by atoms with Gasteiger partial charge in [-0.3, -0.25) is 4.90 Å². The number of hydrogen-bond acceptors (Lipinski definition) is 5. The molecule has 0 N–H and O–H groups in total. The van der Waals surface area contributed by atoms with Gasteiger partial charge in [0.2, 0.25) is 0 Å². The molecule has 2 heterocycles. The standard InChI is InChI=1S/C31H39NO4/c1-33-26-11-10-22-15-25-23-14-24(19-35-18-21-6-4-3-5-7-21)28(34-2)30-31(16-23,27(22)29(26)36-30)12-13-32(25)17-20-8-9-20/h3-7,10-11,20,23-25,28,30H,8-9,12-19H2,1-2H3. The Balaban J connectivity index is 1.26. The Labute approximate surface area is 215 Å². The number of benzene rings is 2. The van der Waals surface area contributed by atoms with Crippen LogP contribution in [-0.4, -0.2) is 57.1 Å². The maximum atomic E-state index is 6.95. The molecule has 3 fully saturated rings. The fraction of sp³-hybridized carbons (Fsp3) is 0.613. The Morgan fingerprint density at radius 3 is 2.72 bits per heavy atom. The largest absolute Gasteiger partial charge is 0.493 e. The lowest BCUT2D eigenvalue weighted by molar-refractivity contribution is -0.0745. The van der Waals surface area contributed by atoms with Gasteiger partial charge in [0.1, 0.15) is 6.10 Å². The van der Waals surface area contributed by atoms with Crippen LogP contribution in [0.3, 0.4) is 0 Å². The van der Waals surface area contributed by atoms with Crippen molar-refractivity contribution in [1.82, 2.24) is 4.90 Å². The zero-order valence-corrected chi connectivity index (χ0v) is 21.7. The van der Waals surface area contributed by atoms with Crippen LogP contribution in [0, 0.1) is 17.8 Å². The monoisotopic (exact) mass is 489 g/mol. The first-order valence-electron chi connectivity index (χ1n) is 14.0. The van der Waals surface area contributed by atoms with E-state index in [1.807, 2.05) is 7.11 Å². The highest BCUT2D eigenvalue weighted by Gasteiger charge is 2.62. The number of rotatable bonds is 8. The molecule has 36 heavy (non-hydrogen) atoms. The van der Waals surface area contributed by atoms with Gasteiger partial charge in [-0.15, -0.1) is 0 Å². The summed E-state index contributed by atoms with van der Waals surface area (Å²) in [5.74, 6) is 3.69. The fourth-order valence-corrected chi connectivity index (χ4v) is 8.13. The van der Waals surface area contributed by atoms with Crippen LogP contribution in [0.25, 0.3) is 0 Å². The molecule has 0 aromatic heterocycles. The summed E-state index contributed by atoms with van der Waals surface area (Å²) in [5, 5.41) is 0. The van der Waals surface area contributed by atoms with Gasteiger partial charge in [-0.25, -0.2) is 0 Å². The lowest BCUT2D eigenvalue weighted by Gasteiger charge is -2.41. The third-order valence-electron chi connectivity index (χ3n) is 9.90. The molecule has 1 saturated heterocycles. The van der Waals surface area contributed by atoms with Gasteiger partial charge in [-0.1, -0.05) is 36.4 Å². The molecule has 0 amide bonds. The van der Waals surface area contributed by atoms with Crippen LogP contribution in [0.4, 0.5) is 0 Å². The highest BCUT2D eigenvalue weighted by atomic mass is 16.6. The van der Waals surface area contributed by atoms with Gasteiger partial charge in [-0.05, 0) is 74.1 Å². The molecule has 2 saturated carbocycles. The molecule has 6 atom stereocenters. The van der Waals surface area contributed by atoms with E-state index in [9.17, 15) is 0 Å². The van der Waals surface area contributed by atoms with Crippen molar-refractivity contribution < 1.29 is 18.9 Å². The summed E-state index contributed by atoms with van der Waals surface area (Å²) in [4.78, 5) is 2.87. The van der Waals surface area contributed by atoms with Crippen LogP contribution in [0.15, 0.2) is 42.5 Å². The van der Waals surface area contributed by atoms with Gasteiger partial charge in [0.15, 0.2) is 11.5 Å². The third-order valence-corrected chi connectivity index (χ3v) is 9.90. The van der Waals surface area contributed by atoms with E-state index in [4.69, 9.17) is 18.9 Å². The maximum Gasteiger partial charge on any atom is 0.165 e. The normalized spacial score (nSPS) is 34.6. The Morgan fingerprint density at radius 2 is 1.94 bits per heavy atom. The van der Waals surface area contributed by atoms with E-state index in [2.05, 4.69) is 47.4 Å². The van der Waals surface area contributed by atoms with Crippen LogP contribution < -0.4 is 9.47 Å². The molecular weight excluding hydrogens is 450 g/mol. The summed E-state index contributed by atoms with van der Waals surface area (Å²) in [6.45, 7) is 3.78. The van der Waals surface area contributed by atoms with E-state index in [1.165, 1.54) is 49.0 Å². The average molecular weight is 490 g/mol. The van der Waals surface area contributed by atoms with E-state index >= 15 is 0 Å². The molecule has 2 aliphatic heterocycles. The molecule has 6 unspecified atom stereocenters. The molecule has 2 aromatic carbocycles. The quantitative estimate of drug-likeness (QED) is 0.522. The van der Waals surface area contributed by atoms with Crippen molar-refractivity contribution in [3.8, 4) is 11.5 Å². The van der Waals surface area contributed by atoms with Crippen LogP contribution in [0.1, 0.15) is 48.8 Å². The first kappa shape index (κ1) is 23.1. The summed E-state index contributed by atoms with van der Waals surface area (Å²) in [5.41, 5.74) is 4.14. The average Bonchev–Trinajstić information content (AvgIpc) is 3.70. The van der Waals surface area contributed by atoms with E-state index in [0.717, 1.165) is 36.7 Å². The van der Waals surface area contributed by atoms with Crippen LogP contribution >= 0.6 is 0 Å². The van der Waals surface area contributed by atoms with Gasteiger partial charge < -0.3 is 18.9 Å². The molecule has 1 spiro atoms. The molecule has 3 aliphatic carbocycles. The number of likely N-dealkylation sites (tertiary alicyclic amines) is 1. The van der Waals surface area contributed by atoms with E-state index in [1.54, 1.807) is 7.11 Å². The van der Waals surface area contributed by atoms with Crippen molar-refractivity contribution in [1.29, 1.82) is 0 Å².